The molecule has 8 nitrogen and oxygen atoms in total. The van der Waals surface area contributed by atoms with Gasteiger partial charge in [-0.25, -0.2) is 0 Å². The van der Waals surface area contributed by atoms with E-state index in [1.807, 2.05) is 48.5 Å². The van der Waals surface area contributed by atoms with E-state index in [4.69, 9.17) is 14.6 Å². The van der Waals surface area contributed by atoms with Crippen LogP contribution in [0, 0.1) is 0 Å². The van der Waals surface area contributed by atoms with Gasteiger partial charge in [0.05, 0.1) is 18.8 Å². The van der Waals surface area contributed by atoms with E-state index >= 15 is 0 Å². The van der Waals surface area contributed by atoms with E-state index in [1.165, 1.54) is 77.0 Å². The third kappa shape index (κ3) is 15.3. The summed E-state index contributed by atoms with van der Waals surface area (Å²) in [7, 11) is 0. The zero-order valence-electron chi connectivity index (χ0n) is 29.0. The van der Waals surface area contributed by atoms with Crippen molar-refractivity contribution in [3.05, 3.63) is 65.2 Å². The van der Waals surface area contributed by atoms with Gasteiger partial charge in [0.1, 0.15) is 0 Å². The van der Waals surface area contributed by atoms with Crippen molar-refractivity contribution in [3.8, 4) is 0 Å². The minimum Gasteiger partial charge on any atom is -0.481 e. The van der Waals surface area contributed by atoms with E-state index in [0.29, 0.717) is 12.1 Å². The highest BCUT2D eigenvalue weighted by Crippen LogP contribution is 2.38. The molecule has 3 N–H and O–H groups in total. The summed E-state index contributed by atoms with van der Waals surface area (Å²) in [6.07, 6.45) is 15.6. The molecule has 1 amide bonds. The number of nitrogens with one attached hydrogen (secondary N) is 1. The molecule has 0 bridgehead atoms. The van der Waals surface area contributed by atoms with Crippen molar-refractivity contribution >= 4 is 17.6 Å². The van der Waals surface area contributed by atoms with E-state index < -0.39 is 12.3 Å². The number of carboxylic acid groups (broad SMARTS) is 1. The topological polar surface area (TPSA) is 108 Å². The predicted octanol–water partition coefficient (Wildman–Crippen LogP) is 8.94. The second-order valence-electron chi connectivity index (χ2n) is 13.1. The van der Waals surface area contributed by atoms with Gasteiger partial charge in [-0.2, -0.15) is 0 Å². The van der Waals surface area contributed by atoms with Crippen LogP contribution in [0.25, 0.3) is 0 Å². The first kappa shape index (κ1) is 38.7. The molecule has 1 heterocycles. The van der Waals surface area contributed by atoms with E-state index in [1.54, 1.807) is 0 Å². The maximum absolute atomic E-state index is 12.5. The fourth-order valence-electron chi connectivity index (χ4n) is 6.23. The number of nitrogens with zero attached hydrogens (tertiary/aromatic N) is 1. The molecule has 1 aliphatic heterocycles. The summed E-state index contributed by atoms with van der Waals surface area (Å²) in [4.78, 5) is 25.9. The molecular formula is C39H60N2O6. The van der Waals surface area contributed by atoms with Crippen LogP contribution in [0.3, 0.4) is 0 Å². The first-order chi connectivity index (χ1) is 22.9. The lowest BCUT2D eigenvalue weighted by Gasteiger charge is -2.38. The molecule has 0 spiro atoms. The number of benzene rings is 2. The van der Waals surface area contributed by atoms with Gasteiger partial charge in [0.25, 0.3) is 0 Å². The lowest BCUT2D eigenvalue weighted by molar-refractivity contribution is -0.253. The van der Waals surface area contributed by atoms with Crippen molar-refractivity contribution in [2.24, 2.45) is 0 Å². The predicted molar refractivity (Wildman–Crippen MR) is 188 cm³/mol. The number of unbranched alkanes of at least 4 members (excludes halogenated alkanes) is 10. The molecule has 0 aromatic heterocycles. The Morgan fingerprint density at radius 2 is 1.43 bits per heavy atom. The second-order valence-corrected chi connectivity index (χ2v) is 13.1. The Kier molecular flexibility index (Phi) is 18.7. The number of ether oxygens (including phenoxy) is 2. The average Bonchev–Trinajstić information content (AvgIpc) is 3.07. The Balaban J connectivity index is 1.73. The minimum absolute atomic E-state index is 0.000827. The van der Waals surface area contributed by atoms with Crippen molar-refractivity contribution in [3.63, 3.8) is 0 Å². The maximum Gasteiger partial charge on any atom is 0.303 e. The number of amides is 1. The van der Waals surface area contributed by atoms with Gasteiger partial charge in [0.15, 0.2) is 6.29 Å². The molecule has 0 saturated carbocycles. The highest BCUT2D eigenvalue weighted by atomic mass is 16.7. The SMILES string of the molecule is CCCCCCCCN(CCCCCCCC)C[C@H]1C[C@@H](c2ccc(CO)cc2)O[C@@H](c2cccc(NC(=O)CCCC(=O)O)c2)O1. The number of aliphatic hydroxyl groups is 1. The molecule has 1 aliphatic rings. The van der Waals surface area contributed by atoms with Crippen LogP contribution in [0.2, 0.25) is 0 Å². The Hall–Kier alpha value is -2.78. The van der Waals surface area contributed by atoms with Gasteiger partial charge in [-0.3, -0.25) is 9.59 Å². The molecule has 0 radical (unpaired) electrons. The van der Waals surface area contributed by atoms with Crippen LogP contribution >= 0.6 is 0 Å². The van der Waals surface area contributed by atoms with Gasteiger partial charge in [0.2, 0.25) is 5.91 Å². The number of hydrogen-bond acceptors (Lipinski definition) is 6. The van der Waals surface area contributed by atoms with Crippen LogP contribution in [0.15, 0.2) is 48.5 Å². The van der Waals surface area contributed by atoms with Crippen LogP contribution in [0.4, 0.5) is 5.69 Å². The lowest BCUT2D eigenvalue weighted by atomic mass is 9.99. The van der Waals surface area contributed by atoms with Gasteiger partial charge in [-0.05, 0) is 55.6 Å². The Bertz CT molecular complexity index is 1140. The number of carbonyl (C=O) groups is 2. The van der Waals surface area contributed by atoms with Crippen molar-refractivity contribution in [1.29, 1.82) is 0 Å². The summed E-state index contributed by atoms with van der Waals surface area (Å²) in [5.41, 5.74) is 3.38. The van der Waals surface area contributed by atoms with Crippen LogP contribution in [0.5, 0.6) is 0 Å². The smallest absolute Gasteiger partial charge is 0.303 e. The molecule has 3 rings (SSSR count). The summed E-state index contributed by atoms with van der Waals surface area (Å²) in [5.74, 6) is -1.12. The number of carbonyl (C=O) groups excluding carboxylic acids is 1. The minimum atomic E-state index is -0.904. The third-order valence-electron chi connectivity index (χ3n) is 8.97. The molecule has 1 fully saturated rings. The third-order valence-corrected chi connectivity index (χ3v) is 8.97. The van der Waals surface area contributed by atoms with Crippen molar-refractivity contribution in [2.75, 3.05) is 25.0 Å². The maximum atomic E-state index is 12.5. The number of rotatable bonds is 24. The van der Waals surface area contributed by atoms with Crippen molar-refractivity contribution in [2.45, 2.75) is 142 Å². The Morgan fingerprint density at radius 3 is 2.04 bits per heavy atom. The largest absolute Gasteiger partial charge is 0.481 e. The fraction of sp³-hybridized carbons (Fsp3) is 0.641. The molecule has 262 valence electrons. The Morgan fingerprint density at radius 1 is 0.787 bits per heavy atom. The quantitative estimate of drug-likeness (QED) is 0.0972. The van der Waals surface area contributed by atoms with Gasteiger partial charge >= 0.3 is 5.97 Å². The highest BCUT2D eigenvalue weighted by Gasteiger charge is 2.33. The molecule has 2 aromatic carbocycles. The normalized spacial score (nSPS) is 18.0. The first-order valence-corrected chi connectivity index (χ1v) is 18.3. The monoisotopic (exact) mass is 652 g/mol. The number of anilines is 1. The molecule has 0 unspecified atom stereocenters. The van der Waals surface area contributed by atoms with E-state index in [-0.39, 0.29) is 37.6 Å². The fourth-order valence-corrected chi connectivity index (χ4v) is 6.23. The molecule has 47 heavy (non-hydrogen) atoms. The summed E-state index contributed by atoms with van der Waals surface area (Å²) in [6, 6.07) is 15.5. The number of hydrogen-bond donors (Lipinski definition) is 3. The summed E-state index contributed by atoms with van der Waals surface area (Å²) >= 11 is 0. The molecular weight excluding hydrogens is 592 g/mol. The zero-order valence-corrected chi connectivity index (χ0v) is 29.0. The van der Waals surface area contributed by atoms with Crippen LogP contribution in [-0.2, 0) is 25.7 Å². The van der Waals surface area contributed by atoms with E-state index in [2.05, 4.69) is 24.1 Å². The molecule has 2 aromatic rings. The highest BCUT2D eigenvalue weighted by molar-refractivity contribution is 5.90. The van der Waals surface area contributed by atoms with Crippen LogP contribution in [-0.4, -0.2) is 52.7 Å². The lowest BCUT2D eigenvalue weighted by Crippen LogP contribution is -2.40. The molecule has 1 saturated heterocycles. The summed E-state index contributed by atoms with van der Waals surface area (Å²) in [5, 5.41) is 21.4. The van der Waals surface area contributed by atoms with Gasteiger partial charge < -0.3 is 29.9 Å². The van der Waals surface area contributed by atoms with Crippen molar-refractivity contribution in [1.82, 2.24) is 4.90 Å². The zero-order chi connectivity index (χ0) is 33.7. The van der Waals surface area contributed by atoms with Crippen LogP contribution in [0.1, 0.15) is 146 Å². The van der Waals surface area contributed by atoms with E-state index in [0.717, 1.165) is 42.7 Å². The molecule has 3 atom stereocenters. The Labute approximate surface area is 283 Å². The van der Waals surface area contributed by atoms with Gasteiger partial charge in [-0.1, -0.05) is 114 Å². The van der Waals surface area contributed by atoms with E-state index in [9.17, 15) is 14.7 Å². The number of aliphatic hydroxyl groups excluding tert-OH is 1. The first-order valence-electron chi connectivity index (χ1n) is 18.3. The van der Waals surface area contributed by atoms with Crippen LogP contribution < -0.4 is 5.32 Å². The van der Waals surface area contributed by atoms with Crippen molar-refractivity contribution < 1.29 is 29.3 Å². The number of aliphatic carboxylic acids is 1. The molecule has 0 aliphatic carbocycles. The molecule has 8 heteroatoms. The number of carboxylic acids is 1. The average molecular weight is 653 g/mol. The second kappa shape index (κ2) is 22.7. The van der Waals surface area contributed by atoms with Gasteiger partial charge in [-0.15, -0.1) is 0 Å². The summed E-state index contributed by atoms with van der Waals surface area (Å²) < 4.78 is 13.3. The summed E-state index contributed by atoms with van der Waals surface area (Å²) in [6.45, 7) is 7.51. The van der Waals surface area contributed by atoms with Gasteiger partial charge in [0, 0.05) is 37.1 Å². The standard InChI is InChI=1S/C39H60N2O6/c1-3-5-7-9-11-13-25-41(26-14-12-10-8-6-4-2)29-35-28-36(32-23-21-31(30-42)22-24-32)47-39(46-35)33-17-15-18-34(27-33)40-37(43)19-16-20-38(44)45/h15,17-18,21-24,27,35-36,39,42H,3-14,16,19-20,25-26,28-30H2,1-2H3,(H,40,43)(H,44,45)/t35-,36+,39+/m1/s1.